The summed E-state index contributed by atoms with van der Waals surface area (Å²) in [6, 6.07) is 12.3. The summed E-state index contributed by atoms with van der Waals surface area (Å²) in [4.78, 5) is 17.4. The SMILES string of the molecule is COc1cccc(-c2ccc(F)c(C3(C)N=C(N)CCC(C)C3=O)c2)c1. The van der Waals surface area contributed by atoms with E-state index in [9.17, 15) is 9.18 Å². The van der Waals surface area contributed by atoms with E-state index in [1.807, 2.05) is 31.2 Å². The van der Waals surface area contributed by atoms with Gasteiger partial charge in [-0.2, -0.15) is 0 Å². The Bertz CT molecular complexity index is 878. The molecule has 0 saturated heterocycles. The fourth-order valence-electron chi connectivity index (χ4n) is 3.45. The Morgan fingerprint density at radius 3 is 2.69 bits per heavy atom. The van der Waals surface area contributed by atoms with Crippen LogP contribution in [0.1, 0.15) is 32.3 Å². The zero-order valence-electron chi connectivity index (χ0n) is 15.3. The molecule has 2 aromatic rings. The van der Waals surface area contributed by atoms with Crippen molar-refractivity contribution >= 4 is 11.6 Å². The lowest BCUT2D eigenvalue weighted by molar-refractivity contribution is -0.127. The van der Waals surface area contributed by atoms with E-state index in [1.165, 1.54) is 6.07 Å². The van der Waals surface area contributed by atoms with Crippen molar-refractivity contribution in [3.63, 3.8) is 0 Å². The van der Waals surface area contributed by atoms with E-state index in [2.05, 4.69) is 4.99 Å². The van der Waals surface area contributed by atoms with Gasteiger partial charge in [0.15, 0.2) is 5.78 Å². The lowest BCUT2D eigenvalue weighted by Crippen LogP contribution is -2.35. The summed E-state index contributed by atoms with van der Waals surface area (Å²) in [6.07, 6.45) is 1.17. The third-order valence-corrected chi connectivity index (χ3v) is 5.02. The highest BCUT2D eigenvalue weighted by Crippen LogP contribution is 2.37. The van der Waals surface area contributed by atoms with Crippen LogP contribution in [-0.4, -0.2) is 18.7 Å². The zero-order chi connectivity index (χ0) is 18.9. The molecule has 3 rings (SSSR count). The molecule has 2 atom stereocenters. The Labute approximate surface area is 152 Å². The quantitative estimate of drug-likeness (QED) is 0.903. The third-order valence-electron chi connectivity index (χ3n) is 5.02. The molecular weight excluding hydrogens is 331 g/mol. The summed E-state index contributed by atoms with van der Waals surface area (Å²) < 4.78 is 20.0. The number of carbonyl (C=O) groups excluding carboxylic acids is 1. The van der Waals surface area contributed by atoms with Crippen LogP contribution in [0.25, 0.3) is 11.1 Å². The zero-order valence-corrected chi connectivity index (χ0v) is 15.3. The van der Waals surface area contributed by atoms with Crippen molar-refractivity contribution in [1.82, 2.24) is 0 Å². The van der Waals surface area contributed by atoms with Crippen LogP contribution in [0.15, 0.2) is 47.5 Å². The molecule has 2 N–H and O–H groups in total. The van der Waals surface area contributed by atoms with Gasteiger partial charge in [-0.15, -0.1) is 0 Å². The van der Waals surface area contributed by atoms with E-state index in [1.54, 1.807) is 26.2 Å². The first-order valence-corrected chi connectivity index (χ1v) is 8.68. The number of halogens is 1. The van der Waals surface area contributed by atoms with Gasteiger partial charge in [0.25, 0.3) is 0 Å². The maximum absolute atomic E-state index is 14.7. The molecule has 26 heavy (non-hydrogen) atoms. The van der Waals surface area contributed by atoms with Crippen LogP contribution in [0.2, 0.25) is 0 Å². The number of hydrogen-bond donors (Lipinski definition) is 1. The van der Waals surface area contributed by atoms with Crippen LogP contribution in [-0.2, 0) is 10.3 Å². The number of hydrogen-bond acceptors (Lipinski definition) is 4. The molecule has 0 aromatic heterocycles. The van der Waals surface area contributed by atoms with Crippen molar-refractivity contribution in [2.45, 2.75) is 32.2 Å². The minimum atomic E-state index is -1.32. The number of carbonyl (C=O) groups is 1. The number of rotatable bonds is 3. The topological polar surface area (TPSA) is 64.7 Å². The van der Waals surface area contributed by atoms with E-state index in [0.717, 1.165) is 11.1 Å². The Kier molecular flexibility index (Phi) is 4.81. The Morgan fingerprint density at radius 2 is 1.96 bits per heavy atom. The van der Waals surface area contributed by atoms with Crippen LogP contribution in [0, 0.1) is 11.7 Å². The van der Waals surface area contributed by atoms with Gasteiger partial charge in [0.2, 0.25) is 0 Å². The molecule has 0 fully saturated rings. The van der Waals surface area contributed by atoms with Crippen molar-refractivity contribution in [2.75, 3.05) is 7.11 Å². The van der Waals surface area contributed by atoms with Crippen molar-refractivity contribution in [1.29, 1.82) is 0 Å². The summed E-state index contributed by atoms with van der Waals surface area (Å²) in [7, 11) is 1.60. The highest BCUT2D eigenvalue weighted by Gasteiger charge is 2.41. The molecule has 0 radical (unpaired) electrons. The van der Waals surface area contributed by atoms with E-state index in [4.69, 9.17) is 10.5 Å². The minimum absolute atomic E-state index is 0.111. The second-order valence-electron chi connectivity index (χ2n) is 6.91. The van der Waals surface area contributed by atoms with Crippen molar-refractivity contribution in [2.24, 2.45) is 16.6 Å². The van der Waals surface area contributed by atoms with Crippen molar-refractivity contribution in [3.05, 3.63) is 53.8 Å². The molecule has 2 unspecified atom stereocenters. The highest BCUT2D eigenvalue weighted by atomic mass is 19.1. The number of amidine groups is 1. The van der Waals surface area contributed by atoms with E-state index < -0.39 is 11.4 Å². The number of nitrogens with zero attached hydrogens (tertiary/aromatic N) is 1. The number of ketones is 1. The second kappa shape index (κ2) is 6.90. The molecule has 2 aromatic carbocycles. The maximum atomic E-state index is 14.7. The number of aliphatic imine (C=N–C) groups is 1. The first-order valence-electron chi connectivity index (χ1n) is 8.68. The summed E-state index contributed by atoms with van der Waals surface area (Å²) in [5.41, 5.74) is 6.56. The molecular formula is C21H23FN2O2. The lowest BCUT2D eigenvalue weighted by atomic mass is 9.81. The largest absolute Gasteiger partial charge is 0.497 e. The smallest absolute Gasteiger partial charge is 0.167 e. The molecule has 0 bridgehead atoms. The number of nitrogens with two attached hydrogens (primary N) is 1. The van der Waals surface area contributed by atoms with Gasteiger partial charge in [-0.1, -0.05) is 25.1 Å². The Balaban J connectivity index is 2.15. The lowest BCUT2D eigenvalue weighted by Gasteiger charge is -2.27. The van der Waals surface area contributed by atoms with Gasteiger partial charge in [-0.25, -0.2) is 4.39 Å². The van der Waals surface area contributed by atoms with Gasteiger partial charge in [0, 0.05) is 17.9 Å². The van der Waals surface area contributed by atoms with E-state index in [0.29, 0.717) is 24.4 Å². The number of methoxy groups -OCH3 is 1. The van der Waals surface area contributed by atoms with Crippen molar-refractivity contribution < 1.29 is 13.9 Å². The molecule has 4 nitrogen and oxygen atoms in total. The molecule has 136 valence electrons. The summed E-state index contributed by atoms with van der Waals surface area (Å²) in [5.74, 6) is 0.292. The van der Waals surface area contributed by atoms with Gasteiger partial charge < -0.3 is 10.5 Å². The molecule has 1 aliphatic heterocycles. The van der Waals surface area contributed by atoms with Crippen molar-refractivity contribution in [3.8, 4) is 16.9 Å². The van der Waals surface area contributed by atoms with Crippen LogP contribution in [0.4, 0.5) is 4.39 Å². The van der Waals surface area contributed by atoms with Crippen LogP contribution < -0.4 is 10.5 Å². The fourth-order valence-corrected chi connectivity index (χ4v) is 3.45. The van der Waals surface area contributed by atoms with Gasteiger partial charge in [-0.05, 0) is 48.7 Å². The molecule has 5 heteroatoms. The predicted octanol–water partition coefficient (Wildman–Crippen LogP) is 4.07. The van der Waals surface area contributed by atoms with Gasteiger partial charge in [0.05, 0.1) is 12.9 Å². The monoisotopic (exact) mass is 354 g/mol. The second-order valence-corrected chi connectivity index (χ2v) is 6.91. The van der Waals surface area contributed by atoms with Crippen LogP contribution in [0.3, 0.4) is 0 Å². The van der Waals surface area contributed by atoms with Gasteiger partial charge in [-0.3, -0.25) is 9.79 Å². The molecule has 0 amide bonds. The maximum Gasteiger partial charge on any atom is 0.167 e. The molecule has 1 aliphatic rings. The fraction of sp³-hybridized carbons (Fsp3) is 0.333. The first kappa shape index (κ1) is 18.1. The van der Waals surface area contributed by atoms with E-state index in [-0.39, 0.29) is 17.3 Å². The Hall–Kier alpha value is -2.69. The third kappa shape index (κ3) is 3.21. The molecule has 0 aliphatic carbocycles. The number of benzene rings is 2. The summed E-state index contributed by atoms with van der Waals surface area (Å²) >= 11 is 0. The average molecular weight is 354 g/mol. The molecule has 1 heterocycles. The standard InChI is InChI=1S/C21H23FN2O2/c1-13-7-10-19(23)24-21(2,20(13)25)17-12-15(8-9-18(17)22)14-5-4-6-16(11-14)26-3/h4-6,8-9,11-13H,7,10H2,1-3H3,(H2,23,24). The predicted molar refractivity (Wildman–Crippen MR) is 101 cm³/mol. The average Bonchev–Trinajstić information content (AvgIpc) is 2.74. The minimum Gasteiger partial charge on any atom is -0.497 e. The highest BCUT2D eigenvalue weighted by molar-refractivity contribution is 5.96. The number of Topliss-reactive ketones (excluding diaryl/α,β-unsaturated/α-hetero) is 1. The Morgan fingerprint density at radius 1 is 1.23 bits per heavy atom. The normalized spacial score (nSPS) is 23.3. The van der Waals surface area contributed by atoms with Gasteiger partial charge in [0.1, 0.15) is 17.1 Å². The van der Waals surface area contributed by atoms with Crippen LogP contribution in [0.5, 0.6) is 5.75 Å². The summed E-state index contributed by atoms with van der Waals surface area (Å²) in [6.45, 7) is 3.50. The summed E-state index contributed by atoms with van der Waals surface area (Å²) in [5, 5.41) is 0. The first-order chi connectivity index (χ1) is 12.3. The van der Waals surface area contributed by atoms with Crippen LogP contribution >= 0.6 is 0 Å². The van der Waals surface area contributed by atoms with E-state index >= 15 is 0 Å². The number of ether oxygens (including phenoxy) is 1. The molecule has 0 spiro atoms. The molecule has 0 saturated carbocycles. The van der Waals surface area contributed by atoms with Gasteiger partial charge >= 0.3 is 0 Å².